The number of nitrogens with zero attached hydrogens (tertiary/aromatic N) is 1. The SMILES string of the molecule is CCC1CCC(c2nc(C=O)cs2)C1. The average molecular weight is 209 g/mol. The van der Waals surface area contributed by atoms with Gasteiger partial charge in [0.05, 0.1) is 5.01 Å². The first-order chi connectivity index (χ1) is 6.83. The van der Waals surface area contributed by atoms with Gasteiger partial charge in [-0.2, -0.15) is 0 Å². The van der Waals surface area contributed by atoms with Gasteiger partial charge in [-0.15, -0.1) is 11.3 Å². The molecule has 0 amide bonds. The van der Waals surface area contributed by atoms with Crippen LogP contribution in [0.25, 0.3) is 0 Å². The summed E-state index contributed by atoms with van der Waals surface area (Å²) in [7, 11) is 0. The van der Waals surface area contributed by atoms with E-state index in [1.54, 1.807) is 11.3 Å². The minimum atomic E-state index is 0.602. The number of rotatable bonds is 3. The quantitative estimate of drug-likeness (QED) is 0.715. The van der Waals surface area contributed by atoms with Crippen molar-refractivity contribution in [2.24, 2.45) is 5.92 Å². The lowest BCUT2D eigenvalue weighted by Crippen LogP contribution is -1.94. The Morgan fingerprint density at radius 2 is 2.50 bits per heavy atom. The van der Waals surface area contributed by atoms with Crippen molar-refractivity contribution in [2.75, 3.05) is 0 Å². The predicted octanol–water partition coefficient (Wildman–Crippen LogP) is 3.25. The molecular formula is C11H15NOS. The highest BCUT2D eigenvalue weighted by molar-refractivity contribution is 7.09. The van der Waals surface area contributed by atoms with E-state index >= 15 is 0 Å². The summed E-state index contributed by atoms with van der Waals surface area (Å²) >= 11 is 1.64. The zero-order valence-corrected chi connectivity index (χ0v) is 9.22. The second-order valence-corrected chi connectivity index (χ2v) is 4.90. The lowest BCUT2D eigenvalue weighted by Gasteiger charge is -2.05. The number of aldehydes is 1. The van der Waals surface area contributed by atoms with E-state index in [0.717, 1.165) is 12.2 Å². The average Bonchev–Trinajstić information content (AvgIpc) is 2.86. The number of aromatic nitrogens is 1. The molecular weight excluding hydrogens is 194 g/mol. The molecule has 2 unspecified atom stereocenters. The molecule has 1 aliphatic rings. The Kier molecular flexibility index (Phi) is 2.96. The number of carbonyl (C=O) groups excluding carboxylic acids is 1. The molecule has 0 saturated heterocycles. The van der Waals surface area contributed by atoms with Crippen LogP contribution in [0.15, 0.2) is 5.38 Å². The fourth-order valence-electron chi connectivity index (χ4n) is 2.21. The van der Waals surface area contributed by atoms with Gasteiger partial charge in [0.1, 0.15) is 5.69 Å². The van der Waals surface area contributed by atoms with E-state index < -0.39 is 0 Å². The summed E-state index contributed by atoms with van der Waals surface area (Å²) < 4.78 is 0. The summed E-state index contributed by atoms with van der Waals surface area (Å²) in [6, 6.07) is 0. The fraction of sp³-hybridized carbons (Fsp3) is 0.636. The van der Waals surface area contributed by atoms with Crippen LogP contribution in [-0.4, -0.2) is 11.3 Å². The van der Waals surface area contributed by atoms with Gasteiger partial charge in [0.15, 0.2) is 6.29 Å². The third kappa shape index (κ3) is 1.87. The highest BCUT2D eigenvalue weighted by atomic mass is 32.1. The molecule has 1 heterocycles. The van der Waals surface area contributed by atoms with Crippen molar-refractivity contribution in [3.05, 3.63) is 16.1 Å². The molecule has 0 aliphatic heterocycles. The molecule has 76 valence electrons. The smallest absolute Gasteiger partial charge is 0.169 e. The van der Waals surface area contributed by atoms with Gasteiger partial charge in [-0.25, -0.2) is 4.98 Å². The van der Waals surface area contributed by atoms with Crippen LogP contribution in [-0.2, 0) is 0 Å². The molecule has 1 aromatic heterocycles. The van der Waals surface area contributed by atoms with E-state index in [4.69, 9.17) is 0 Å². The van der Waals surface area contributed by atoms with Crippen molar-refractivity contribution in [2.45, 2.75) is 38.5 Å². The number of thiazole rings is 1. The van der Waals surface area contributed by atoms with Crippen molar-refractivity contribution >= 4 is 17.6 Å². The third-order valence-corrected chi connectivity index (χ3v) is 4.15. The summed E-state index contributed by atoms with van der Waals surface area (Å²) in [5.74, 6) is 1.50. The molecule has 2 rings (SSSR count). The van der Waals surface area contributed by atoms with Crippen LogP contribution in [0.5, 0.6) is 0 Å². The summed E-state index contributed by atoms with van der Waals surface area (Å²) in [4.78, 5) is 14.8. The summed E-state index contributed by atoms with van der Waals surface area (Å²) in [6.07, 6.45) is 5.97. The van der Waals surface area contributed by atoms with Gasteiger partial charge in [0, 0.05) is 11.3 Å². The maximum atomic E-state index is 10.5. The number of carbonyl (C=O) groups is 1. The Labute approximate surface area is 88.4 Å². The van der Waals surface area contributed by atoms with Gasteiger partial charge in [-0.3, -0.25) is 4.79 Å². The second kappa shape index (κ2) is 4.22. The highest BCUT2D eigenvalue weighted by Gasteiger charge is 2.26. The Hall–Kier alpha value is -0.700. The Balaban J connectivity index is 2.05. The first-order valence-corrected chi connectivity index (χ1v) is 6.12. The molecule has 3 heteroatoms. The van der Waals surface area contributed by atoms with Crippen LogP contribution in [0, 0.1) is 5.92 Å². The van der Waals surface area contributed by atoms with Crippen molar-refractivity contribution in [1.29, 1.82) is 0 Å². The lowest BCUT2D eigenvalue weighted by molar-refractivity contribution is 0.111. The largest absolute Gasteiger partial charge is 0.296 e. The van der Waals surface area contributed by atoms with Crippen molar-refractivity contribution in [3.8, 4) is 0 Å². The molecule has 0 radical (unpaired) electrons. The molecule has 0 aromatic carbocycles. The Morgan fingerprint density at radius 3 is 3.07 bits per heavy atom. The van der Waals surface area contributed by atoms with Crippen LogP contribution in [0.1, 0.15) is 54.0 Å². The van der Waals surface area contributed by atoms with Gasteiger partial charge in [0.25, 0.3) is 0 Å². The van der Waals surface area contributed by atoms with Crippen LogP contribution < -0.4 is 0 Å². The molecule has 2 nitrogen and oxygen atoms in total. The van der Waals surface area contributed by atoms with Crippen LogP contribution >= 0.6 is 11.3 Å². The minimum absolute atomic E-state index is 0.602. The van der Waals surface area contributed by atoms with E-state index in [-0.39, 0.29) is 0 Å². The second-order valence-electron chi connectivity index (χ2n) is 4.01. The molecule has 1 fully saturated rings. The first kappa shape index (κ1) is 9.84. The standard InChI is InChI=1S/C11H15NOS/c1-2-8-3-4-9(5-8)11-12-10(6-13)7-14-11/h6-9H,2-5H2,1H3. The van der Waals surface area contributed by atoms with Gasteiger partial charge in [0.2, 0.25) is 0 Å². The monoisotopic (exact) mass is 209 g/mol. The predicted molar refractivity (Wildman–Crippen MR) is 57.9 cm³/mol. The minimum Gasteiger partial charge on any atom is -0.296 e. The summed E-state index contributed by atoms with van der Waals surface area (Å²) in [5.41, 5.74) is 0.602. The van der Waals surface area contributed by atoms with E-state index in [9.17, 15) is 4.79 Å². The molecule has 1 aromatic rings. The van der Waals surface area contributed by atoms with Gasteiger partial charge in [-0.05, 0) is 25.2 Å². The molecule has 14 heavy (non-hydrogen) atoms. The molecule has 0 N–H and O–H groups in total. The van der Waals surface area contributed by atoms with Crippen molar-refractivity contribution in [3.63, 3.8) is 0 Å². The third-order valence-electron chi connectivity index (χ3n) is 3.13. The Bertz CT molecular complexity index is 321. The topological polar surface area (TPSA) is 30.0 Å². The van der Waals surface area contributed by atoms with Crippen LogP contribution in [0.4, 0.5) is 0 Å². The zero-order chi connectivity index (χ0) is 9.97. The molecule has 0 bridgehead atoms. The number of hydrogen-bond acceptors (Lipinski definition) is 3. The summed E-state index contributed by atoms with van der Waals surface area (Å²) in [6.45, 7) is 2.26. The molecule has 2 atom stereocenters. The molecule has 0 spiro atoms. The maximum absolute atomic E-state index is 10.5. The summed E-state index contributed by atoms with van der Waals surface area (Å²) in [5, 5.41) is 3.03. The van der Waals surface area contributed by atoms with Crippen molar-refractivity contribution < 1.29 is 4.79 Å². The number of hydrogen-bond donors (Lipinski definition) is 0. The fourth-order valence-corrected chi connectivity index (χ4v) is 3.13. The van der Waals surface area contributed by atoms with Crippen molar-refractivity contribution in [1.82, 2.24) is 4.98 Å². The van der Waals surface area contributed by atoms with Gasteiger partial charge < -0.3 is 0 Å². The van der Waals surface area contributed by atoms with Gasteiger partial charge >= 0.3 is 0 Å². The van der Waals surface area contributed by atoms with E-state index in [2.05, 4.69) is 11.9 Å². The first-order valence-electron chi connectivity index (χ1n) is 5.24. The van der Waals surface area contributed by atoms with E-state index in [0.29, 0.717) is 11.6 Å². The highest BCUT2D eigenvalue weighted by Crippen LogP contribution is 2.40. The lowest BCUT2D eigenvalue weighted by atomic mass is 10.0. The Morgan fingerprint density at radius 1 is 1.64 bits per heavy atom. The normalized spacial score (nSPS) is 26.6. The molecule has 1 saturated carbocycles. The van der Waals surface area contributed by atoms with Crippen LogP contribution in [0.2, 0.25) is 0 Å². The van der Waals surface area contributed by atoms with Gasteiger partial charge in [-0.1, -0.05) is 13.3 Å². The van der Waals surface area contributed by atoms with E-state index in [1.807, 2.05) is 5.38 Å². The zero-order valence-electron chi connectivity index (χ0n) is 8.40. The molecule has 1 aliphatic carbocycles. The van der Waals surface area contributed by atoms with Crippen LogP contribution in [0.3, 0.4) is 0 Å². The maximum Gasteiger partial charge on any atom is 0.169 e. The van der Waals surface area contributed by atoms with E-state index in [1.165, 1.54) is 30.7 Å².